The average Bonchev–Trinajstić information content (AvgIpc) is 3.31. The second-order valence-electron chi connectivity index (χ2n) is 8.15. The van der Waals surface area contributed by atoms with Gasteiger partial charge >= 0.3 is 0 Å². The van der Waals surface area contributed by atoms with E-state index in [1.807, 2.05) is 13.0 Å². The molecular weight excluding hydrogens is 618 g/mol. The van der Waals surface area contributed by atoms with Crippen molar-refractivity contribution in [3.05, 3.63) is 85.4 Å². The molecule has 2 aromatic carbocycles. The van der Waals surface area contributed by atoms with Crippen LogP contribution in [-0.4, -0.2) is 41.7 Å². The number of halogens is 5. The molecule has 10 nitrogen and oxygen atoms in total. The molecule has 3 aromatic heterocycles. The van der Waals surface area contributed by atoms with Crippen molar-refractivity contribution >= 4 is 75.7 Å². The highest BCUT2D eigenvalue weighted by molar-refractivity contribution is 6.44. The van der Waals surface area contributed by atoms with Gasteiger partial charge in [0, 0.05) is 36.2 Å². The van der Waals surface area contributed by atoms with Crippen molar-refractivity contribution in [2.75, 3.05) is 23.3 Å². The Kier molecular flexibility index (Phi) is 9.83. The van der Waals surface area contributed by atoms with E-state index in [1.165, 1.54) is 0 Å². The second kappa shape index (κ2) is 13.3. The van der Waals surface area contributed by atoms with Crippen molar-refractivity contribution in [1.82, 2.24) is 35.1 Å². The molecule has 0 aliphatic rings. The zero-order chi connectivity index (χ0) is 28.8. The van der Waals surface area contributed by atoms with Crippen molar-refractivity contribution in [1.29, 1.82) is 0 Å². The standard InChI is InChI=1S/C15H15Cl2N7.C10H6Cl3N3/c1-8-20-12(24-23-8)5-6-19-13-7-11(21-15(18)22-13)9-3-2-4-10(16)14(9)17;11-6-3-1-2-5(9(6)13)7-4-8(12)16-10(14)15-7/h2-4,7H,5-6H2,1H3,(H,20,23,24)(H3,18,19,21,22);1-4H,(H2,14,15,16). The van der Waals surface area contributed by atoms with Crippen molar-refractivity contribution in [2.45, 2.75) is 13.3 Å². The Labute approximate surface area is 254 Å². The Morgan fingerprint density at radius 2 is 1.32 bits per heavy atom. The van der Waals surface area contributed by atoms with Crippen LogP contribution in [0.3, 0.4) is 0 Å². The summed E-state index contributed by atoms with van der Waals surface area (Å²) in [5, 5.41) is 12.1. The zero-order valence-corrected chi connectivity index (χ0v) is 24.5. The molecule has 6 N–H and O–H groups in total. The molecule has 0 saturated carbocycles. The highest BCUT2D eigenvalue weighted by Gasteiger charge is 2.12. The summed E-state index contributed by atoms with van der Waals surface area (Å²) < 4.78 is 0. The summed E-state index contributed by atoms with van der Waals surface area (Å²) >= 11 is 30.0. The highest BCUT2D eigenvalue weighted by Crippen LogP contribution is 2.34. The predicted octanol–water partition coefficient (Wildman–Crippen LogP) is 6.80. The number of anilines is 3. The van der Waals surface area contributed by atoms with Crippen LogP contribution in [0.2, 0.25) is 25.2 Å². The van der Waals surface area contributed by atoms with Gasteiger partial charge in [-0.3, -0.25) is 5.10 Å². The molecule has 206 valence electrons. The van der Waals surface area contributed by atoms with Crippen molar-refractivity contribution in [3.63, 3.8) is 0 Å². The van der Waals surface area contributed by atoms with Crippen molar-refractivity contribution in [2.24, 2.45) is 0 Å². The molecule has 0 amide bonds. The summed E-state index contributed by atoms with van der Waals surface area (Å²) in [6.45, 7) is 2.46. The van der Waals surface area contributed by atoms with Crippen LogP contribution in [0.1, 0.15) is 11.6 Å². The van der Waals surface area contributed by atoms with Crippen LogP contribution in [0.5, 0.6) is 0 Å². The van der Waals surface area contributed by atoms with Crippen LogP contribution in [0.25, 0.3) is 22.5 Å². The summed E-state index contributed by atoms with van der Waals surface area (Å²) in [7, 11) is 0. The molecule has 5 rings (SSSR count). The third-order valence-electron chi connectivity index (χ3n) is 5.21. The Bertz CT molecular complexity index is 1620. The van der Waals surface area contributed by atoms with E-state index in [-0.39, 0.29) is 17.0 Å². The van der Waals surface area contributed by atoms with Crippen LogP contribution in [0.4, 0.5) is 17.7 Å². The van der Waals surface area contributed by atoms with Gasteiger partial charge in [-0.25, -0.2) is 19.9 Å². The number of hydrogen-bond donors (Lipinski definition) is 4. The monoisotopic (exact) mass is 636 g/mol. The number of nitrogens with one attached hydrogen (secondary N) is 2. The number of H-pyrrole nitrogens is 1. The lowest BCUT2D eigenvalue weighted by Crippen LogP contribution is -2.09. The lowest BCUT2D eigenvalue weighted by molar-refractivity contribution is 0.896. The fraction of sp³-hybridized carbons (Fsp3) is 0.120. The van der Waals surface area contributed by atoms with E-state index in [0.29, 0.717) is 61.4 Å². The molecule has 0 saturated heterocycles. The minimum atomic E-state index is 0.0959. The van der Waals surface area contributed by atoms with Crippen LogP contribution >= 0.6 is 58.0 Å². The molecule has 0 radical (unpaired) electrons. The molecule has 0 aliphatic carbocycles. The number of rotatable bonds is 6. The fourth-order valence-electron chi connectivity index (χ4n) is 3.47. The van der Waals surface area contributed by atoms with E-state index < -0.39 is 0 Å². The molecule has 0 atom stereocenters. The normalized spacial score (nSPS) is 10.7. The molecule has 0 unspecified atom stereocenters. The maximum atomic E-state index is 6.25. The number of aromatic nitrogens is 7. The van der Waals surface area contributed by atoms with Gasteiger partial charge in [-0.15, -0.1) is 0 Å². The van der Waals surface area contributed by atoms with Gasteiger partial charge in [-0.05, 0) is 19.1 Å². The first kappa shape index (κ1) is 29.6. The summed E-state index contributed by atoms with van der Waals surface area (Å²) in [5.41, 5.74) is 13.8. The van der Waals surface area contributed by atoms with Gasteiger partial charge in [0.2, 0.25) is 11.9 Å². The van der Waals surface area contributed by atoms with Crippen molar-refractivity contribution in [3.8, 4) is 22.5 Å². The molecule has 0 spiro atoms. The second-order valence-corrected chi connectivity index (χ2v) is 10.1. The van der Waals surface area contributed by atoms with E-state index >= 15 is 0 Å². The van der Waals surface area contributed by atoms with Gasteiger partial charge in [0.05, 0.1) is 31.5 Å². The molecule has 0 fully saturated rings. The van der Waals surface area contributed by atoms with Crippen LogP contribution in [-0.2, 0) is 6.42 Å². The van der Waals surface area contributed by atoms with Crippen molar-refractivity contribution < 1.29 is 0 Å². The van der Waals surface area contributed by atoms with Gasteiger partial charge in [0.15, 0.2) is 5.82 Å². The maximum absolute atomic E-state index is 6.25. The summed E-state index contributed by atoms with van der Waals surface area (Å²) in [6, 6.07) is 14.0. The average molecular weight is 639 g/mol. The fourth-order valence-corrected chi connectivity index (χ4v) is 4.46. The van der Waals surface area contributed by atoms with E-state index in [9.17, 15) is 0 Å². The lowest BCUT2D eigenvalue weighted by atomic mass is 10.1. The largest absolute Gasteiger partial charge is 0.369 e. The van der Waals surface area contributed by atoms with Crippen LogP contribution in [0, 0.1) is 6.92 Å². The van der Waals surface area contributed by atoms with Gasteiger partial charge in [0.25, 0.3) is 0 Å². The molecule has 40 heavy (non-hydrogen) atoms. The van der Waals surface area contributed by atoms with Gasteiger partial charge in [0.1, 0.15) is 16.8 Å². The third-order valence-corrected chi connectivity index (χ3v) is 7.04. The lowest BCUT2D eigenvalue weighted by Gasteiger charge is -2.09. The first-order valence-electron chi connectivity index (χ1n) is 11.6. The quantitative estimate of drug-likeness (QED) is 0.147. The van der Waals surface area contributed by atoms with Gasteiger partial charge < -0.3 is 16.8 Å². The smallest absolute Gasteiger partial charge is 0.222 e. The van der Waals surface area contributed by atoms with E-state index in [1.54, 1.807) is 42.5 Å². The Morgan fingerprint density at radius 3 is 1.88 bits per heavy atom. The number of aryl methyl sites for hydroxylation is 1. The predicted molar refractivity (Wildman–Crippen MR) is 162 cm³/mol. The summed E-state index contributed by atoms with van der Waals surface area (Å²) in [6.07, 6.45) is 0.654. The number of nitrogens with zero attached hydrogens (tertiary/aromatic N) is 6. The number of benzene rings is 2. The summed E-state index contributed by atoms with van der Waals surface area (Å²) in [4.78, 5) is 20.5. The van der Waals surface area contributed by atoms with E-state index in [4.69, 9.17) is 69.5 Å². The number of hydrogen-bond acceptors (Lipinski definition) is 9. The number of aromatic amines is 1. The first-order chi connectivity index (χ1) is 19.1. The minimum absolute atomic E-state index is 0.0959. The SMILES string of the molecule is Cc1nc(CCNc2cc(-c3cccc(Cl)c3Cl)nc(N)n2)n[nH]1.Nc1nc(Cl)cc(-c2cccc(Cl)c2Cl)n1. The molecule has 3 heterocycles. The Morgan fingerprint density at radius 1 is 0.750 bits per heavy atom. The topological polar surface area (TPSA) is 157 Å². The molecule has 15 heteroatoms. The van der Waals surface area contributed by atoms with Crippen LogP contribution in [0.15, 0.2) is 48.5 Å². The number of nitrogens with two attached hydrogens (primary N) is 2. The summed E-state index contributed by atoms with van der Waals surface area (Å²) in [5.74, 6) is 2.37. The first-order valence-corrected chi connectivity index (χ1v) is 13.4. The Hall–Kier alpha value is -3.41. The van der Waals surface area contributed by atoms with E-state index in [0.717, 1.165) is 11.6 Å². The minimum Gasteiger partial charge on any atom is -0.369 e. The molecule has 0 bridgehead atoms. The van der Waals surface area contributed by atoms with Gasteiger partial charge in [-0.1, -0.05) is 82.3 Å². The maximum Gasteiger partial charge on any atom is 0.222 e. The van der Waals surface area contributed by atoms with E-state index in [2.05, 4.69) is 40.4 Å². The third kappa shape index (κ3) is 7.61. The molecule has 0 aliphatic heterocycles. The number of nitrogen functional groups attached to an aromatic ring is 2. The molecular formula is C25H21Cl5N10. The Balaban J connectivity index is 0.000000201. The highest BCUT2D eigenvalue weighted by atomic mass is 35.5. The zero-order valence-electron chi connectivity index (χ0n) is 20.8. The van der Waals surface area contributed by atoms with Crippen LogP contribution < -0.4 is 16.8 Å². The van der Waals surface area contributed by atoms with Gasteiger partial charge in [-0.2, -0.15) is 10.1 Å². The molecule has 5 aromatic rings.